The molecular weight excluding hydrogens is 502 g/mol. The average molecular weight is 542 g/mol. The second-order valence-electron chi connectivity index (χ2n) is 10.6. The molecule has 2 atom stereocenters. The highest BCUT2D eigenvalue weighted by molar-refractivity contribution is 5.72. The number of phenols is 1. The molecule has 2 N–H and O–H groups in total. The molecule has 0 saturated heterocycles. The fraction of sp³-hybridized carbons (Fsp3) is 0.364. The SMILES string of the molecule is CCC(C)COCC(CO)Oc1ccc(-c2nc(-c3ccc(C)cc3C)nc(-c3ccc(C)cc3C)n2)c(O)c1. The number of aromatic nitrogens is 3. The molecular formula is C33H39N3O4. The van der Waals surface area contributed by atoms with Crippen LogP contribution in [0, 0.1) is 33.6 Å². The number of aliphatic hydroxyl groups excluding tert-OH is 1. The van der Waals surface area contributed by atoms with E-state index in [9.17, 15) is 10.2 Å². The lowest BCUT2D eigenvalue weighted by Gasteiger charge is -2.19. The molecule has 0 fully saturated rings. The van der Waals surface area contributed by atoms with E-state index in [0.29, 0.717) is 41.3 Å². The Kier molecular flexibility index (Phi) is 9.50. The van der Waals surface area contributed by atoms with Gasteiger partial charge in [0.15, 0.2) is 17.5 Å². The summed E-state index contributed by atoms with van der Waals surface area (Å²) >= 11 is 0. The van der Waals surface area contributed by atoms with Gasteiger partial charge in [-0.05, 0) is 56.9 Å². The Morgan fingerprint density at radius 3 is 1.73 bits per heavy atom. The topological polar surface area (TPSA) is 97.6 Å². The minimum absolute atomic E-state index is 0.0286. The summed E-state index contributed by atoms with van der Waals surface area (Å²) in [6.45, 7) is 13.1. The zero-order chi connectivity index (χ0) is 28.8. The molecule has 0 aliphatic rings. The Morgan fingerprint density at radius 1 is 0.725 bits per heavy atom. The van der Waals surface area contributed by atoms with E-state index in [1.54, 1.807) is 12.1 Å². The first-order chi connectivity index (χ1) is 19.2. The van der Waals surface area contributed by atoms with Crippen molar-refractivity contribution in [2.24, 2.45) is 5.92 Å². The lowest BCUT2D eigenvalue weighted by molar-refractivity contribution is 0.00924. The van der Waals surface area contributed by atoms with Gasteiger partial charge >= 0.3 is 0 Å². The van der Waals surface area contributed by atoms with Gasteiger partial charge in [0.2, 0.25) is 0 Å². The number of hydrogen-bond donors (Lipinski definition) is 2. The summed E-state index contributed by atoms with van der Waals surface area (Å²) < 4.78 is 11.6. The van der Waals surface area contributed by atoms with E-state index in [-0.39, 0.29) is 19.0 Å². The molecule has 40 heavy (non-hydrogen) atoms. The molecule has 7 nitrogen and oxygen atoms in total. The molecule has 3 aromatic carbocycles. The Hall–Kier alpha value is -3.81. The number of rotatable bonds is 11. The van der Waals surface area contributed by atoms with Gasteiger partial charge in [-0.2, -0.15) is 0 Å². The molecule has 2 unspecified atom stereocenters. The molecule has 7 heteroatoms. The third-order valence-electron chi connectivity index (χ3n) is 7.00. The summed E-state index contributed by atoms with van der Waals surface area (Å²) in [5.74, 6) is 2.27. The number of ether oxygens (including phenoxy) is 2. The number of phenolic OH excluding ortho intramolecular Hbond substituents is 1. The van der Waals surface area contributed by atoms with Crippen LogP contribution in [-0.4, -0.2) is 51.1 Å². The van der Waals surface area contributed by atoms with Crippen LogP contribution in [-0.2, 0) is 4.74 Å². The Balaban J connectivity index is 1.70. The molecule has 210 valence electrons. The van der Waals surface area contributed by atoms with Crippen molar-refractivity contribution in [2.75, 3.05) is 19.8 Å². The number of aliphatic hydroxyl groups is 1. The molecule has 4 rings (SSSR count). The zero-order valence-electron chi connectivity index (χ0n) is 24.2. The summed E-state index contributed by atoms with van der Waals surface area (Å²) in [5.41, 5.74) is 6.70. The Bertz CT molecular complexity index is 1400. The fourth-order valence-electron chi connectivity index (χ4n) is 4.48. The van der Waals surface area contributed by atoms with Crippen molar-refractivity contribution in [3.8, 4) is 45.7 Å². The molecule has 0 bridgehead atoms. The van der Waals surface area contributed by atoms with Crippen LogP contribution in [0.3, 0.4) is 0 Å². The van der Waals surface area contributed by atoms with Crippen LogP contribution in [0.4, 0.5) is 0 Å². The smallest absolute Gasteiger partial charge is 0.167 e. The van der Waals surface area contributed by atoms with E-state index in [1.807, 2.05) is 38.1 Å². The molecule has 1 aromatic heterocycles. The van der Waals surface area contributed by atoms with Crippen molar-refractivity contribution >= 4 is 0 Å². The van der Waals surface area contributed by atoms with E-state index in [2.05, 4.69) is 39.8 Å². The standard InChI is InChI=1S/C33H39N3O4/c1-7-20(2)18-39-19-26(17-37)40-25-10-13-29(30(38)16-25)33-35-31(27-11-8-21(3)14-23(27)5)34-32(36-33)28-12-9-22(4)15-24(28)6/h8-16,20,26,37-38H,7,17-19H2,1-6H3. The molecule has 1 heterocycles. The maximum Gasteiger partial charge on any atom is 0.167 e. The average Bonchev–Trinajstić information content (AvgIpc) is 2.92. The van der Waals surface area contributed by atoms with Gasteiger partial charge in [-0.3, -0.25) is 0 Å². The predicted molar refractivity (Wildman–Crippen MR) is 159 cm³/mol. The van der Waals surface area contributed by atoms with E-state index in [1.165, 1.54) is 6.07 Å². The lowest BCUT2D eigenvalue weighted by atomic mass is 10.0. The van der Waals surface area contributed by atoms with Crippen molar-refractivity contribution < 1.29 is 19.7 Å². The van der Waals surface area contributed by atoms with E-state index in [0.717, 1.165) is 39.8 Å². The summed E-state index contributed by atoms with van der Waals surface area (Å²) in [4.78, 5) is 14.4. The molecule has 0 radical (unpaired) electrons. The highest BCUT2D eigenvalue weighted by atomic mass is 16.5. The lowest BCUT2D eigenvalue weighted by Crippen LogP contribution is -2.28. The van der Waals surface area contributed by atoms with E-state index < -0.39 is 6.10 Å². The number of aromatic hydroxyl groups is 1. The van der Waals surface area contributed by atoms with Gasteiger partial charge in [-0.15, -0.1) is 0 Å². The summed E-state index contributed by atoms with van der Waals surface area (Å²) in [6.07, 6.45) is 0.478. The first kappa shape index (κ1) is 29.2. The maximum atomic E-state index is 11.0. The van der Waals surface area contributed by atoms with Gasteiger partial charge in [-0.25, -0.2) is 15.0 Å². The number of aryl methyl sites for hydroxylation is 4. The zero-order valence-corrected chi connectivity index (χ0v) is 24.2. The highest BCUT2D eigenvalue weighted by Crippen LogP contribution is 2.34. The van der Waals surface area contributed by atoms with Crippen LogP contribution in [0.15, 0.2) is 54.6 Å². The normalized spacial score (nSPS) is 12.8. The molecule has 0 saturated carbocycles. The number of benzene rings is 3. The second-order valence-corrected chi connectivity index (χ2v) is 10.6. The van der Waals surface area contributed by atoms with Crippen LogP contribution in [0.1, 0.15) is 42.5 Å². The van der Waals surface area contributed by atoms with Crippen LogP contribution in [0.2, 0.25) is 0 Å². The number of nitrogens with zero attached hydrogens (tertiary/aromatic N) is 3. The van der Waals surface area contributed by atoms with E-state index in [4.69, 9.17) is 24.4 Å². The third kappa shape index (κ3) is 7.03. The van der Waals surface area contributed by atoms with Gasteiger partial charge in [0, 0.05) is 23.8 Å². The highest BCUT2D eigenvalue weighted by Gasteiger charge is 2.18. The van der Waals surface area contributed by atoms with Crippen LogP contribution < -0.4 is 4.74 Å². The third-order valence-corrected chi connectivity index (χ3v) is 7.00. The predicted octanol–water partition coefficient (Wildman–Crippen LogP) is 6.61. The van der Waals surface area contributed by atoms with Crippen LogP contribution >= 0.6 is 0 Å². The monoisotopic (exact) mass is 541 g/mol. The summed E-state index contributed by atoms with van der Waals surface area (Å²) in [7, 11) is 0. The summed E-state index contributed by atoms with van der Waals surface area (Å²) in [5, 5.41) is 20.8. The molecule has 0 aliphatic carbocycles. The van der Waals surface area contributed by atoms with Crippen molar-refractivity contribution in [1.82, 2.24) is 15.0 Å². The minimum atomic E-state index is -0.543. The molecule has 0 spiro atoms. The Morgan fingerprint density at radius 2 is 1.25 bits per heavy atom. The van der Waals surface area contributed by atoms with E-state index >= 15 is 0 Å². The Labute approximate surface area is 236 Å². The fourth-order valence-corrected chi connectivity index (χ4v) is 4.48. The van der Waals surface area contributed by atoms with Crippen LogP contribution in [0.5, 0.6) is 11.5 Å². The van der Waals surface area contributed by atoms with Gasteiger partial charge in [0.25, 0.3) is 0 Å². The van der Waals surface area contributed by atoms with Gasteiger partial charge in [0.1, 0.15) is 17.6 Å². The van der Waals surface area contributed by atoms with Crippen molar-refractivity contribution in [1.29, 1.82) is 0 Å². The van der Waals surface area contributed by atoms with Crippen molar-refractivity contribution in [2.45, 2.75) is 54.1 Å². The summed E-state index contributed by atoms with van der Waals surface area (Å²) in [6, 6.07) is 17.3. The minimum Gasteiger partial charge on any atom is -0.507 e. The maximum absolute atomic E-state index is 11.0. The second kappa shape index (κ2) is 13.0. The van der Waals surface area contributed by atoms with Crippen molar-refractivity contribution in [3.05, 3.63) is 76.9 Å². The molecule has 0 amide bonds. The first-order valence-corrected chi connectivity index (χ1v) is 13.8. The first-order valence-electron chi connectivity index (χ1n) is 13.8. The van der Waals surface area contributed by atoms with Crippen molar-refractivity contribution in [3.63, 3.8) is 0 Å². The van der Waals surface area contributed by atoms with Gasteiger partial charge in [0.05, 0.1) is 18.8 Å². The van der Waals surface area contributed by atoms with Gasteiger partial charge < -0.3 is 19.7 Å². The number of hydrogen-bond acceptors (Lipinski definition) is 7. The largest absolute Gasteiger partial charge is 0.507 e. The quantitative estimate of drug-likeness (QED) is 0.220. The molecule has 0 aliphatic heterocycles. The van der Waals surface area contributed by atoms with Crippen LogP contribution in [0.25, 0.3) is 34.2 Å². The molecule has 4 aromatic rings. The van der Waals surface area contributed by atoms with Gasteiger partial charge in [-0.1, -0.05) is 67.8 Å².